The molecule has 4 N–H and O–H groups in total. The molecule has 51 valence electrons. The molecule has 0 aliphatic heterocycles. The molecule has 0 aliphatic carbocycles. The Morgan fingerprint density at radius 2 is 2.00 bits per heavy atom. The first-order valence-electron chi connectivity index (χ1n) is 1.96. The van der Waals surface area contributed by atoms with Crippen molar-refractivity contribution in [3.8, 4) is 0 Å². The largest absolute Gasteiger partial charge is 0.384 e. The molecule has 9 heavy (non-hydrogen) atoms. The van der Waals surface area contributed by atoms with Crippen molar-refractivity contribution < 1.29 is 14.4 Å². The van der Waals surface area contributed by atoms with Crippen molar-refractivity contribution in [1.82, 2.24) is 0 Å². The minimum atomic E-state index is -3.85. The van der Waals surface area contributed by atoms with Gasteiger partial charge in [0.05, 0.1) is 0 Å². The zero-order valence-corrected chi connectivity index (χ0v) is 8.86. The van der Waals surface area contributed by atoms with Gasteiger partial charge in [-0.2, -0.15) is 0 Å². The van der Waals surface area contributed by atoms with Gasteiger partial charge in [0, 0.05) is 41.9 Å². The fourth-order valence-electron chi connectivity index (χ4n) is 0.172. The van der Waals surface area contributed by atoms with Gasteiger partial charge in [-0.1, -0.05) is 0 Å². The van der Waals surface area contributed by atoms with Crippen molar-refractivity contribution in [2.75, 3.05) is 12.3 Å². The molecule has 0 aromatic heterocycles. The van der Waals surface area contributed by atoms with E-state index in [9.17, 15) is 4.57 Å². The first-order valence-corrected chi connectivity index (χ1v) is 5.17. The van der Waals surface area contributed by atoms with E-state index in [2.05, 4.69) is 0 Å². The number of hydrogen-bond donors (Lipinski definition) is 3. The van der Waals surface area contributed by atoms with Crippen molar-refractivity contribution >= 4 is 47.7 Å². The van der Waals surface area contributed by atoms with Crippen molar-refractivity contribution in [3.63, 3.8) is 0 Å². The average molecular weight is 180 g/mol. The van der Waals surface area contributed by atoms with Crippen molar-refractivity contribution in [2.24, 2.45) is 5.73 Å². The zero-order valence-electron chi connectivity index (χ0n) is 5.15. The van der Waals surface area contributed by atoms with Crippen molar-refractivity contribution in [1.29, 1.82) is 0 Å². The van der Waals surface area contributed by atoms with E-state index in [1.165, 1.54) is 0 Å². The summed E-state index contributed by atoms with van der Waals surface area (Å²) in [5.41, 5.74) is 4.97. The second-order valence-corrected chi connectivity index (χ2v) is 4.96. The third kappa shape index (κ3) is 12.6. The summed E-state index contributed by atoms with van der Waals surface area (Å²) in [4.78, 5) is 16.3. The van der Waals surface area contributed by atoms with E-state index >= 15 is 0 Å². The standard InChI is InChI=1S/C2H8NO3PS.Na/c3-1-2-8-7(4,5)6;/h1-3H2,(H2,4,5,6);. The van der Waals surface area contributed by atoms with E-state index in [1.54, 1.807) is 0 Å². The molecule has 0 fully saturated rings. The SMILES string of the molecule is NCCSP(=O)(O)O.[Na]. The first kappa shape index (κ1) is 13.1. The van der Waals surface area contributed by atoms with E-state index in [0.29, 0.717) is 23.7 Å². The summed E-state index contributed by atoms with van der Waals surface area (Å²) in [5.74, 6) is 0.310. The van der Waals surface area contributed by atoms with Crippen LogP contribution in [0.1, 0.15) is 0 Å². The van der Waals surface area contributed by atoms with Gasteiger partial charge in [0.25, 0.3) is 0 Å². The van der Waals surface area contributed by atoms with Crippen LogP contribution in [0.15, 0.2) is 0 Å². The summed E-state index contributed by atoms with van der Waals surface area (Å²) in [7, 11) is 0. The average Bonchev–Trinajstić information content (AvgIpc) is 1.59. The third-order valence-electron chi connectivity index (χ3n) is 0.377. The molecule has 0 rings (SSSR count). The van der Waals surface area contributed by atoms with Crippen LogP contribution in [0.25, 0.3) is 0 Å². The minimum Gasteiger partial charge on any atom is -0.330 e. The predicted molar refractivity (Wildman–Crippen MR) is 39.3 cm³/mol. The summed E-state index contributed by atoms with van der Waals surface area (Å²) >= 11 is 0.575. The molecule has 1 radical (unpaired) electrons. The maximum atomic E-state index is 9.99. The third-order valence-corrected chi connectivity index (χ3v) is 2.69. The predicted octanol–water partition coefficient (Wildman–Crippen LogP) is -0.610. The van der Waals surface area contributed by atoms with Gasteiger partial charge in [0.2, 0.25) is 0 Å². The Balaban J connectivity index is 0. The Hall–Kier alpha value is 1.46. The molecule has 0 aromatic rings. The van der Waals surface area contributed by atoms with Crippen LogP contribution in [0.5, 0.6) is 0 Å². The van der Waals surface area contributed by atoms with Crippen LogP contribution in [0.2, 0.25) is 0 Å². The van der Waals surface area contributed by atoms with Gasteiger partial charge in [-0.05, 0) is 11.4 Å². The van der Waals surface area contributed by atoms with E-state index < -0.39 is 6.80 Å². The quantitative estimate of drug-likeness (QED) is 0.398. The maximum Gasteiger partial charge on any atom is 0.384 e. The van der Waals surface area contributed by atoms with E-state index in [0.717, 1.165) is 0 Å². The molecule has 0 amide bonds. The molecular weight excluding hydrogens is 172 g/mol. The maximum absolute atomic E-state index is 9.99. The molecule has 0 aliphatic rings. The first-order chi connectivity index (χ1) is 3.56. The summed E-state index contributed by atoms with van der Waals surface area (Å²) < 4.78 is 9.99. The van der Waals surface area contributed by atoms with Crippen LogP contribution in [-0.2, 0) is 4.57 Å². The smallest absolute Gasteiger partial charge is 0.330 e. The number of rotatable bonds is 3. The fourth-order valence-corrected chi connectivity index (χ4v) is 1.54. The Labute approximate surface area is 79.8 Å². The van der Waals surface area contributed by atoms with Gasteiger partial charge in [-0.3, -0.25) is 0 Å². The molecular formula is C2H8NNaO3PS. The Kier molecular flexibility index (Phi) is 8.99. The van der Waals surface area contributed by atoms with Gasteiger partial charge in [-0.25, -0.2) is 4.57 Å². The molecule has 0 aromatic carbocycles. The molecule has 4 nitrogen and oxygen atoms in total. The van der Waals surface area contributed by atoms with Gasteiger partial charge in [0.1, 0.15) is 0 Å². The van der Waals surface area contributed by atoms with Crippen LogP contribution in [0, 0.1) is 0 Å². The van der Waals surface area contributed by atoms with Crippen molar-refractivity contribution in [2.45, 2.75) is 0 Å². The summed E-state index contributed by atoms with van der Waals surface area (Å²) in [6, 6.07) is 0. The molecule has 0 atom stereocenters. The summed E-state index contributed by atoms with van der Waals surface area (Å²) in [6.07, 6.45) is 0. The number of nitrogens with two attached hydrogens (primary N) is 1. The summed E-state index contributed by atoms with van der Waals surface area (Å²) in [6.45, 7) is -3.54. The molecule has 0 saturated heterocycles. The molecule has 0 saturated carbocycles. The fraction of sp³-hybridized carbons (Fsp3) is 1.00. The second-order valence-electron chi connectivity index (χ2n) is 1.11. The van der Waals surface area contributed by atoms with E-state index in [4.69, 9.17) is 15.5 Å². The molecule has 0 unspecified atom stereocenters. The Morgan fingerprint density at radius 3 is 2.11 bits per heavy atom. The van der Waals surface area contributed by atoms with Crippen LogP contribution >= 0.6 is 18.2 Å². The van der Waals surface area contributed by atoms with Gasteiger partial charge in [0.15, 0.2) is 0 Å². The monoisotopic (exact) mass is 180 g/mol. The Bertz CT molecular complexity index is 106. The van der Waals surface area contributed by atoms with Gasteiger partial charge < -0.3 is 15.5 Å². The molecule has 0 spiro atoms. The zero-order chi connectivity index (χ0) is 6.62. The van der Waals surface area contributed by atoms with E-state index in [1.807, 2.05) is 0 Å². The molecule has 0 bridgehead atoms. The Morgan fingerprint density at radius 1 is 1.56 bits per heavy atom. The normalized spacial score (nSPS) is 10.6. The molecule has 7 heteroatoms. The van der Waals surface area contributed by atoms with Crippen LogP contribution in [0.4, 0.5) is 0 Å². The second kappa shape index (κ2) is 6.19. The number of hydrogen-bond acceptors (Lipinski definition) is 3. The summed E-state index contributed by atoms with van der Waals surface area (Å²) in [5, 5.41) is 0. The topological polar surface area (TPSA) is 83.6 Å². The van der Waals surface area contributed by atoms with Gasteiger partial charge >= 0.3 is 6.80 Å². The van der Waals surface area contributed by atoms with E-state index in [-0.39, 0.29) is 29.6 Å². The van der Waals surface area contributed by atoms with Crippen molar-refractivity contribution in [3.05, 3.63) is 0 Å². The van der Waals surface area contributed by atoms with Crippen LogP contribution in [0.3, 0.4) is 0 Å². The van der Waals surface area contributed by atoms with Gasteiger partial charge in [-0.15, -0.1) is 0 Å². The molecule has 0 heterocycles. The van der Waals surface area contributed by atoms with Crippen LogP contribution < -0.4 is 5.73 Å². The van der Waals surface area contributed by atoms with Crippen LogP contribution in [-0.4, -0.2) is 51.6 Å². The minimum absolute atomic E-state index is 0.